The minimum absolute atomic E-state index is 0.0840. The van der Waals surface area contributed by atoms with Crippen LogP contribution in [0, 0.1) is 0 Å². The van der Waals surface area contributed by atoms with E-state index in [4.69, 9.17) is 15.2 Å². The fourth-order valence-corrected chi connectivity index (χ4v) is 2.19. The van der Waals surface area contributed by atoms with Crippen LogP contribution < -0.4 is 15.2 Å². The third-order valence-electron chi connectivity index (χ3n) is 3.44. The van der Waals surface area contributed by atoms with Gasteiger partial charge in [-0.1, -0.05) is 46.1 Å². The van der Waals surface area contributed by atoms with Crippen molar-refractivity contribution < 1.29 is 9.47 Å². The van der Waals surface area contributed by atoms with Crippen LogP contribution >= 0.6 is 0 Å². The minimum Gasteiger partial charge on any atom is -0.490 e. The number of nitrogens with two attached hydrogens (primary N) is 1. The zero-order valence-corrected chi connectivity index (χ0v) is 13.9. The molecule has 0 fully saturated rings. The van der Waals surface area contributed by atoms with Gasteiger partial charge in [-0.25, -0.2) is 0 Å². The van der Waals surface area contributed by atoms with Crippen molar-refractivity contribution in [3.8, 4) is 11.5 Å². The first-order valence-corrected chi connectivity index (χ1v) is 8.38. The summed E-state index contributed by atoms with van der Waals surface area (Å²) in [4.78, 5) is 0. The molecule has 0 bridgehead atoms. The Labute approximate surface area is 129 Å². The first-order chi connectivity index (χ1) is 10.2. The zero-order valence-electron chi connectivity index (χ0n) is 13.9. The van der Waals surface area contributed by atoms with Crippen molar-refractivity contribution in [1.82, 2.24) is 0 Å². The van der Waals surface area contributed by atoms with E-state index in [2.05, 4.69) is 32.9 Å². The van der Waals surface area contributed by atoms with Crippen LogP contribution in [0.2, 0.25) is 0 Å². The molecule has 0 saturated heterocycles. The fourth-order valence-electron chi connectivity index (χ4n) is 2.19. The lowest BCUT2D eigenvalue weighted by Crippen LogP contribution is -2.11. The van der Waals surface area contributed by atoms with Crippen LogP contribution in [0.25, 0.3) is 0 Å². The molecule has 0 amide bonds. The Morgan fingerprint density at radius 1 is 0.905 bits per heavy atom. The molecule has 0 aliphatic rings. The van der Waals surface area contributed by atoms with Gasteiger partial charge < -0.3 is 15.2 Å². The average molecular weight is 293 g/mol. The van der Waals surface area contributed by atoms with Crippen LogP contribution in [0.4, 0.5) is 0 Å². The molecule has 1 aromatic rings. The molecule has 1 unspecified atom stereocenters. The maximum atomic E-state index is 6.29. The summed E-state index contributed by atoms with van der Waals surface area (Å²) >= 11 is 0. The first kappa shape index (κ1) is 17.8. The van der Waals surface area contributed by atoms with Gasteiger partial charge in [-0.3, -0.25) is 0 Å². The van der Waals surface area contributed by atoms with E-state index in [1.807, 2.05) is 6.07 Å². The monoisotopic (exact) mass is 293 g/mol. The topological polar surface area (TPSA) is 44.5 Å². The molecule has 0 heterocycles. The molecule has 0 spiro atoms. The summed E-state index contributed by atoms with van der Waals surface area (Å²) in [6, 6.07) is 6.20. The van der Waals surface area contributed by atoms with Crippen molar-refractivity contribution in [1.29, 1.82) is 0 Å². The van der Waals surface area contributed by atoms with Gasteiger partial charge in [0.25, 0.3) is 0 Å². The Hall–Kier alpha value is -1.22. The highest BCUT2D eigenvalue weighted by Gasteiger charge is 2.11. The second-order valence-electron chi connectivity index (χ2n) is 5.51. The molecule has 0 saturated carbocycles. The second-order valence-corrected chi connectivity index (χ2v) is 5.51. The number of ether oxygens (including phenoxy) is 2. The zero-order chi connectivity index (χ0) is 15.5. The number of benzene rings is 1. The summed E-state index contributed by atoms with van der Waals surface area (Å²) in [7, 11) is 0. The Bertz CT molecular complexity index is 393. The lowest BCUT2D eigenvalue weighted by Gasteiger charge is -2.17. The minimum atomic E-state index is 0.0840. The first-order valence-electron chi connectivity index (χ1n) is 8.38. The van der Waals surface area contributed by atoms with Gasteiger partial charge in [-0.15, -0.1) is 0 Å². The molecule has 3 heteroatoms. The standard InChI is InChI=1S/C18H31NO2/c1-4-7-8-9-16(19)15-10-11-17(20-12-5-2)18(14-15)21-13-6-3/h10-11,14,16H,4-9,12-13,19H2,1-3H3. The van der Waals surface area contributed by atoms with E-state index in [9.17, 15) is 0 Å². The molecule has 2 N–H and O–H groups in total. The van der Waals surface area contributed by atoms with Crippen LogP contribution in [-0.2, 0) is 0 Å². The number of hydrogen-bond donors (Lipinski definition) is 1. The molecular weight excluding hydrogens is 262 g/mol. The fraction of sp³-hybridized carbons (Fsp3) is 0.667. The molecule has 1 aromatic carbocycles. The predicted octanol–water partition coefficient (Wildman–Crippen LogP) is 4.84. The average Bonchev–Trinajstić information content (AvgIpc) is 2.51. The Kier molecular flexibility index (Phi) is 8.91. The highest BCUT2D eigenvalue weighted by molar-refractivity contribution is 5.43. The Morgan fingerprint density at radius 3 is 2.19 bits per heavy atom. The van der Waals surface area contributed by atoms with E-state index >= 15 is 0 Å². The Balaban J connectivity index is 2.76. The molecule has 1 rings (SSSR count). The number of unbranched alkanes of at least 4 members (excludes halogenated alkanes) is 2. The number of hydrogen-bond acceptors (Lipinski definition) is 3. The quantitative estimate of drug-likeness (QED) is 0.593. The summed E-state index contributed by atoms with van der Waals surface area (Å²) < 4.78 is 11.6. The molecular formula is C18H31NO2. The van der Waals surface area contributed by atoms with Crippen molar-refractivity contribution in [2.45, 2.75) is 65.3 Å². The van der Waals surface area contributed by atoms with Crippen molar-refractivity contribution in [3.05, 3.63) is 23.8 Å². The molecule has 1 atom stereocenters. The van der Waals surface area contributed by atoms with Crippen LogP contribution in [-0.4, -0.2) is 13.2 Å². The largest absolute Gasteiger partial charge is 0.490 e. The summed E-state index contributed by atoms with van der Waals surface area (Å²) in [6.45, 7) is 7.83. The number of rotatable bonds is 11. The molecule has 3 nitrogen and oxygen atoms in total. The third kappa shape index (κ3) is 6.38. The van der Waals surface area contributed by atoms with Gasteiger partial charge in [-0.05, 0) is 37.0 Å². The van der Waals surface area contributed by atoms with Gasteiger partial charge in [-0.2, -0.15) is 0 Å². The molecule has 0 aliphatic heterocycles. The van der Waals surface area contributed by atoms with E-state index in [0.29, 0.717) is 13.2 Å². The SMILES string of the molecule is CCCCCC(N)c1ccc(OCCC)c(OCCC)c1. The smallest absolute Gasteiger partial charge is 0.161 e. The van der Waals surface area contributed by atoms with Crippen molar-refractivity contribution in [2.24, 2.45) is 5.73 Å². The van der Waals surface area contributed by atoms with Gasteiger partial charge in [0.2, 0.25) is 0 Å². The maximum absolute atomic E-state index is 6.29. The summed E-state index contributed by atoms with van der Waals surface area (Å²) in [5.74, 6) is 1.66. The van der Waals surface area contributed by atoms with E-state index in [0.717, 1.165) is 36.3 Å². The summed E-state index contributed by atoms with van der Waals surface area (Å²) in [6.07, 6.45) is 6.64. The predicted molar refractivity (Wildman–Crippen MR) is 89.1 cm³/mol. The highest BCUT2D eigenvalue weighted by atomic mass is 16.5. The molecule has 0 radical (unpaired) electrons. The van der Waals surface area contributed by atoms with E-state index in [1.54, 1.807) is 0 Å². The van der Waals surface area contributed by atoms with Crippen molar-refractivity contribution >= 4 is 0 Å². The highest BCUT2D eigenvalue weighted by Crippen LogP contribution is 2.31. The third-order valence-corrected chi connectivity index (χ3v) is 3.44. The van der Waals surface area contributed by atoms with Crippen molar-refractivity contribution in [2.75, 3.05) is 13.2 Å². The second kappa shape index (κ2) is 10.5. The molecule has 21 heavy (non-hydrogen) atoms. The molecule has 120 valence electrons. The van der Waals surface area contributed by atoms with Crippen LogP contribution in [0.3, 0.4) is 0 Å². The van der Waals surface area contributed by atoms with Gasteiger partial charge >= 0.3 is 0 Å². The van der Waals surface area contributed by atoms with E-state index in [-0.39, 0.29) is 6.04 Å². The van der Waals surface area contributed by atoms with Crippen LogP contribution in [0.1, 0.15) is 70.9 Å². The van der Waals surface area contributed by atoms with Gasteiger partial charge in [0, 0.05) is 6.04 Å². The van der Waals surface area contributed by atoms with Crippen molar-refractivity contribution in [3.63, 3.8) is 0 Å². The van der Waals surface area contributed by atoms with E-state index < -0.39 is 0 Å². The lowest BCUT2D eigenvalue weighted by molar-refractivity contribution is 0.268. The normalized spacial score (nSPS) is 12.2. The van der Waals surface area contributed by atoms with Gasteiger partial charge in [0.15, 0.2) is 11.5 Å². The van der Waals surface area contributed by atoms with Crippen LogP contribution in [0.15, 0.2) is 18.2 Å². The van der Waals surface area contributed by atoms with Gasteiger partial charge in [0.1, 0.15) is 0 Å². The summed E-state index contributed by atoms with van der Waals surface area (Å²) in [5, 5.41) is 0. The Morgan fingerprint density at radius 2 is 1.57 bits per heavy atom. The van der Waals surface area contributed by atoms with E-state index in [1.165, 1.54) is 19.3 Å². The molecule has 0 aliphatic carbocycles. The molecule has 0 aromatic heterocycles. The van der Waals surface area contributed by atoms with Gasteiger partial charge in [0.05, 0.1) is 13.2 Å². The van der Waals surface area contributed by atoms with Crippen LogP contribution in [0.5, 0.6) is 11.5 Å². The lowest BCUT2D eigenvalue weighted by atomic mass is 10.0. The maximum Gasteiger partial charge on any atom is 0.161 e. The summed E-state index contributed by atoms with van der Waals surface area (Å²) in [5.41, 5.74) is 7.43.